The number of hydrogen-bond acceptors (Lipinski definition) is 7. The number of rotatable bonds is 8. The van der Waals surface area contributed by atoms with Crippen molar-refractivity contribution in [3.05, 3.63) is 39.9 Å². The predicted octanol–water partition coefficient (Wildman–Crippen LogP) is 1.24. The normalized spacial score (nSPS) is 30.4. The number of aliphatic hydroxyl groups excluding tert-OH is 1. The Balaban J connectivity index is 1.39. The molecule has 3 heterocycles. The number of aliphatic carboxylic acids is 1. The number of nitrogens with one attached hydrogen (secondary N) is 2. The zero-order chi connectivity index (χ0) is 24.1. The van der Waals surface area contributed by atoms with E-state index in [9.17, 15) is 28.2 Å². The molecule has 1 amide bonds. The van der Waals surface area contributed by atoms with Crippen molar-refractivity contribution in [2.75, 3.05) is 13.1 Å². The number of carboxylic acids is 1. The van der Waals surface area contributed by atoms with Gasteiger partial charge in [0.2, 0.25) is 15.9 Å². The van der Waals surface area contributed by atoms with E-state index >= 15 is 0 Å². The van der Waals surface area contributed by atoms with Crippen molar-refractivity contribution in [3.8, 4) is 0 Å². The van der Waals surface area contributed by atoms with E-state index in [1.54, 1.807) is 6.92 Å². The number of nitrogens with zero attached hydrogens (tertiary/aromatic N) is 1. The molecule has 0 aliphatic carbocycles. The lowest BCUT2D eigenvalue weighted by Crippen LogP contribution is -2.63. The molecule has 3 aliphatic heterocycles. The van der Waals surface area contributed by atoms with Gasteiger partial charge in [0.25, 0.3) is 0 Å². The van der Waals surface area contributed by atoms with E-state index in [-0.39, 0.29) is 46.3 Å². The second kappa shape index (κ2) is 9.20. The minimum atomic E-state index is -3.67. The Morgan fingerprint density at radius 1 is 1.36 bits per heavy atom. The number of carboxylic acid groups (broad SMARTS) is 1. The average molecular weight is 516 g/mol. The zero-order valence-electron chi connectivity index (χ0n) is 18.1. The number of fused-ring (bicyclic) bond motifs is 1. The number of carbonyl (C=O) groups is 2. The average Bonchev–Trinajstić information content (AvgIpc) is 3.28. The Labute approximate surface area is 201 Å². The van der Waals surface area contributed by atoms with Crippen LogP contribution in [-0.2, 0) is 19.6 Å². The number of β-lactam (4-membered cyclic amide) rings is 1. The standard InChI is InChI=1S/C21H26ClN3O6S2/c1-10-17-16(11(2)26)20(27)25(17)18(21(28)29)19(10)32-14-7-13(23-9-14)8-24-33(30,31)15-5-3-12(22)4-6-15/h3-6,10-11,13-14,16-17,23-24,26H,7-9H2,1-2H3,(H,28,29)/t10-,11-,13+,14-,16?,17?/m1/s1. The second-order valence-corrected chi connectivity index (χ2v) is 12.2. The highest BCUT2D eigenvalue weighted by atomic mass is 35.5. The summed E-state index contributed by atoms with van der Waals surface area (Å²) in [6.45, 7) is 4.21. The summed E-state index contributed by atoms with van der Waals surface area (Å²) in [6.07, 6.45) is -0.207. The van der Waals surface area contributed by atoms with Gasteiger partial charge in [-0.15, -0.1) is 11.8 Å². The number of halogens is 1. The monoisotopic (exact) mass is 515 g/mol. The molecule has 6 atom stereocenters. The Bertz CT molecular complexity index is 1090. The Morgan fingerprint density at radius 3 is 2.64 bits per heavy atom. The van der Waals surface area contributed by atoms with Crippen molar-refractivity contribution in [2.45, 2.75) is 48.6 Å². The van der Waals surface area contributed by atoms with E-state index in [1.165, 1.54) is 40.9 Å². The topological polar surface area (TPSA) is 136 Å². The summed E-state index contributed by atoms with van der Waals surface area (Å²) in [7, 11) is -3.67. The summed E-state index contributed by atoms with van der Waals surface area (Å²) in [5.74, 6) is -2.29. The van der Waals surface area contributed by atoms with Gasteiger partial charge < -0.3 is 20.4 Å². The number of carbonyl (C=O) groups excluding carboxylic acids is 1. The molecule has 2 fully saturated rings. The van der Waals surface area contributed by atoms with Crippen LogP contribution in [0.4, 0.5) is 0 Å². The van der Waals surface area contributed by atoms with Crippen LogP contribution in [0.25, 0.3) is 0 Å². The van der Waals surface area contributed by atoms with Gasteiger partial charge in [-0.3, -0.25) is 4.79 Å². The molecule has 180 valence electrons. The highest BCUT2D eigenvalue weighted by Gasteiger charge is 2.60. The third-order valence-corrected chi connectivity index (χ3v) is 9.63. The van der Waals surface area contributed by atoms with Gasteiger partial charge in [0.15, 0.2) is 0 Å². The zero-order valence-corrected chi connectivity index (χ0v) is 20.5. The fourth-order valence-corrected chi connectivity index (χ4v) is 7.52. The van der Waals surface area contributed by atoms with Crippen LogP contribution >= 0.6 is 23.4 Å². The van der Waals surface area contributed by atoms with E-state index in [1.807, 2.05) is 6.92 Å². The molecular formula is C21H26ClN3O6S2. The van der Waals surface area contributed by atoms with Crippen molar-refractivity contribution in [1.82, 2.24) is 14.9 Å². The van der Waals surface area contributed by atoms with Crippen molar-refractivity contribution >= 4 is 45.3 Å². The molecule has 3 aliphatic rings. The highest BCUT2D eigenvalue weighted by molar-refractivity contribution is 8.03. The van der Waals surface area contributed by atoms with Crippen molar-refractivity contribution in [1.29, 1.82) is 0 Å². The highest BCUT2D eigenvalue weighted by Crippen LogP contribution is 2.51. The lowest BCUT2D eigenvalue weighted by atomic mass is 9.79. The lowest BCUT2D eigenvalue weighted by Gasteiger charge is -2.46. The van der Waals surface area contributed by atoms with Gasteiger partial charge in [0.1, 0.15) is 5.70 Å². The van der Waals surface area contributed by atoms with Crippen LogP contribution in [0.1, 0.15) is 20.3 Å². The van der Waals surface area contributed by atoms with Gasteiger partial charge in [0, 0.05) is 40.2 Å². The smallest absolute Gasteiger partial charge is 0.353 e. The first kappa shape index (κ1) is 24.5. The summed E-state index contributed by atoms with van der Waals surface area (Å²) in [5.41, 5.74) is 0.00583. The van der Waals surface area contributed by atoms with Crippen LogP contribution in [0.5, 0.6) is 0 Å². The summed E-state index contributed by atoms with van der Waals surface area (Å²) in [4.78, 5) is 26.5. The molecule has 2 unspecified atom stereocenters. The van der Waals surface area contributed by atoms with Crippen LogP contribution in [0.2, 0.25) is 5.02 Å². The molecule has 0 saturated carbocycles. The van der Waals surface area contributed by atoms with E-state index in [2.05, 4.69) is 10.0 Å². The van der Waals surface area contributed by atoms with Gasteiger partial charge in [-0.25, -0.2) is 17.9 Å². The van der Waals surface area contributed by atoms with Gasteiger partial charge in [-0.05, 0) is 37.6 Å². The number of sulfonamides is 1. The molecule has 12 heteroatoms. The summed E-state index contributed by atoms with van der Waals surface area (Å²) >= 11 is 7.25. The summed E-state index contributed by atoms with van der Waals surface area (Å²) < 4.78 is 27.6. The molecular weight excluding hydrogens is 490 g/mol. The van der Waals surface area contributed by atoms with E-state index in [4.69, 9.17) is 11.6 Å². The molecule has 2 saturated heterocycles. The van der Waals surface area contributed by atoms with Crippen LogP contribution in [-0.4, -0.2) is 71.9 Å². The fourth-order valence-electron chi connectivity index (χ4n) is 4.79. The Morgan fingerprint density at radius 2 is 2.03 bits per heavy atom. The quantitative estimate of drug-likeness (QED) is 0.380. The van der Waals surface area contributed by atoms with Crippen LogP contribution < -0.4 is 10.0 Å². The molecule has 4 rings (SSSR count). The molecule has 0 aromatic heterocycles. The van der Waals surface area contributed by atoms with Crippen LogP contribution in [0.3, 0.4) is 0 Å². The fraction of sp³-hybridized carbons (Fsp3) is 0.524. The molecule has 1 aromatic rings. The molecule has 0 radical (unpaired) electrons. The van der Waals surface area contributed by atoms with Gasteiger partial charge in [0.05, 0.1) is 23.0 Å². The molecule has 0 spiro atoms. The van der Waals surface area contributed by atoms with Gasteiger partial charge >= 0.3 is 5.97 Å². The predicted molar refractivity (Wildman–Crippen MR) is 124 cm³/mol. The van der Waals surface area contributed by atoms with E-state index in [0.29, 0.717) is 22.9 Å². The first-order valence-electron chi connectivity index (χ1n) is 10.6. The minimum absolute atomic E-state index is 0.00583. The minimum Gasteiger partial charge on any atom is -0.477 e. The number of hydrogen-bond donors (Lipinski definition) is 4. The van der Waals surface area contributed by atoms with Gasteiger partial charge in [-0.1, -0.05) is 18.5 Å². The number of thioether (sulfide) groups is 1. The Kier molecular flexibility index (Phi) is 6.83. The van der Waals surface area contributed by atoms with Crippen molar-refractivity contribution < 1.29 is 28.2 Å². The van der Waals surface area contributed by atoms with E-state index < -0.39 is 28.0 Å². The number of aliphatic hydroxyl groups is 1. The second-order valence-electron chi connectivity index (χ2n) is 8.66. The van der Waals surface area contributed by atoms with Crippen molar-refractivity contribution in [2.24, 2.45) is 11.8 Å². The number of benzene rings is 1. The summed E-state index contributed by atoms with van der Waals surface area (Å²) in [5, 5.41) is 23.5. The third kappa shape index (κ3) is 4.54. The maximum absolute atomic E-state index is 12.5. The third-order valence-electron chi connectivity index (χ3n) is 6.43. The lowest BCUT2D eigenvalue weighted by molar-refractivity contribution is -0.163. The first-order chi connectivity index (χ1) is 15.5. The first-order valence-corrected chi connectivity index (χ1v) is 13.4. The van der Waals surface area contributed by atoms with Crippen LogP contribution in [0.15, 0.2) is 39.8 Å². The maximum atomic E-state index is 12.5. The molecule has 33 heavy (non-hydrogen) atoms. The van der Waals surface area contributed by atoms with E-state index in [0.717, 1.165) is 0 Å². The molecule has 4 N–H and O–H groups in total. The summed E-state index contributed by atoms with van der Waals surface area (Å²) in [6, 6.07) is 5.46. The van der Waals surface area contributed by atoms with Gasteiger partial charge in [-0.2, -0.15) is 0 Å². The SMILES string of the molecule is C[C@@H](O)C1C(=O)N2C(C(=O)O)=C(S[C@H]3CN[C@H](CNS(=O)(=O)c4ccc(Cl)cc4)C3)[C@H](C)C12. The molecule has 1 aromatic carbocycles. The molecule has 0 bridgehead atoms. The van der Waals surface area contributed by atoms with Crippen molar-refractivity contribution in [3.63, 3.8) is 0 Å². The molecule has 9 nitrogen and oxygen atoms in total. The maximum Gasteiger partial charge on any atom is 0.353 e. The largest absolute Gasteiger partial charge is 0.477 e. The Hall–Kier alpha value is -1.63. The number of amides is 1. The van der Waals surface area contributed by atoms with Crippen LogP contribution in [0, 0.1) is 11.8 Å².